The monoisotopic (exact) mass is 389 g/mol. The second-order valence-corrected chi connectivity index (χ2v) is 5.83. The van der Waals surface area contributed by atoms with Crippen molar-refractivity contribution in [3.8, 4) is 17.4 Å². The normalized spacial score (nSPS) is 10.3. The summed E-state index contributed by atoms with van der Waals surface area (Å²) in [7, 11) is 1.50. The van der Waals surface area contributed by atoms with Gasteiger partial charge < -0.3 is 14.8 Å². The number of methoxy groups -OCH3 is 1. The Morgan fingerprint density at radius 1 is 1.04 bits per heavy atom. The zero-order valence-electron chi connectivity index (χ0n) is 13.6. The van der Waals surface area contributed by atoms with Gasteiger partial charge in [-0.25, -0.2) is 9.97 Å². The van der Waals surface area contributed by atoms with Gasteiger partial charge in [0, 0.05) is 18.5 Å². The van der Waals surface area contributed by atoms with Gasteiger partial charge in [-0.1, -0.05) is 29.3 Å². The maximum Gasteiger partial charge on any atom is 0.258 e. The van der Waals surface area contributed by atoms with Gasteiger partial charge in [-0.2, -0.15) is 0 Å². The number of pyridine rings is 2. The van der Waals surface area contributed by atoms with E-state index >= 15 is 0 Å². The minimum Gasteiger partial charge on any atom is -0.493 e. The predicted octanol–water partition coefficient (Wildman–Crippen LogP) is 4.84. The number of hydrogen-bond acceptors (Lipinski definition) is 5. The molecule has 0 saturated heterocycles. The lowest BCUT2D eigenvalue weighted by Crippen LogP contribution is -2.14. The van der Waals surface area contributed by atoms with Gasteiger partial charge in [-0.05, 0) is 30.3 Å². The van der Waals surface area contributed by atoms with Crippen LogP contribution in [0, 0.1) is 0 Å². The SMILES string of the molecule is COc1cccnc1NC(=O)c1ccc(Oc2cccc(Cl)c2Cl)nc1. The van der Waals surface area contributed by atoms with Crippen LogP contribution in [-0.2, 0) is 0 Å². The molecule has 0 aliphatic carbocycles. The highest BCUT2D eigenvalue weighted by molar-refractivity contribution is 6.42. The fourth-order valence-corrected chi connectivity index (χ4v) is 2.41. The summed E-state index contributed by atoms with van der Waals surface area (Å²) in [6, 6.07) is 11.6. The van der Waals surface area contributed by atoms with Crippen LogP contribution in [0.25, 0.3) is 0 Å². The number of rotatable bonds is 5. The number of nitrogens with zero attached hydrogens (tertiary/aromatic N) is 2. The van der Waals surface area contributed by atoms with Gasteiger partial charge in [0.1, 0.15) is 10.8 Å². The van der Waals surface area contributed by atoms with Gasteiger partial charge in [0.15, 0.2) is 11.6 Å². The van der Waals surface area contributed by atoms with Crippen molar-refractivity contribution in [3.63, 3.8) is 0 Å². The van der Waals surface area contributed by atoms with E-state index < -0.39 is 0 Å². The first kappa shape index (κ1) is 18.0. The number of aromatic nitrogens is 2. The number of carbonyl (C=O) groups is 1. The molecule has 3 rings (SSSR count). The van der Waals surface area contributed by atoms with Crippen molar-refractivity contribution in [2.24, 2.45) is 0 Å². The molecule has 0 fully saturated rings. The second kappa shape index (κ2) is 8.03. The van der Waals surface area contributed by atoms with E-state index in [-0.39, 0.29) is 11.8 Å². The number of nitrogens with one attached hydrogen (secondary N) is 1. The topological polar surface area (TPSA) is 73.3 Å². The molecule has 1 N–H and O–H groups in total. The van der Waals surface area contributed by atoms with Gasteiger partial charge in [-0.15, -0.1) is 0 Å². The third-order valence-electron chi connectivity index (χ3n) is 3.35. The standard InChI is InChI=1S/C18H13Cl2N3O3/c1-25-14-6-3-9-21-17(14)23-18(24)11-7-8-15(22-10-11)26-13-5-2-4-12(19)16(13)20/h2-10H,1H3,(H,21,23,24). The zero-order valence-corrected chi connectivity index (χ0v) is 15.1. The van der Waals surface area contributed by atoms with E-state index in [9.17, 15) is 4.79 Å². The largest absolute Gasteiger partial charge is 0.493 e. The molecule has 1 aromatic carbocycles. The van der Waals surface area contributed by atoms with Gasteiger partial charge in [0.2, 0.25) is 5.88 Å². The number of carbonyl (C=O) groups excluding carboxylic acids is 1. The van der Waals surface area contributed by atoms with Crippen molar-refractivity contribution < 1.29 is 14.3 Å². The zero-order chi connectivity index (χ0) is 18.5. The fraction of sp³-hybridized carbons (Fsp3) is 0.0556. The van der Waals surface area contributed by atoms with Crippen LogP contribution in [0.4, 0.5) is 5.82 Å². The minimum atomic E-state index is -0.373. The quantitative estimate of drug-likeness (QED) is 0.675. The molecular formula is C18H13Cl2N3O3. The van der Waals surface area contributed by atoms with E-state index in [1.807, 2.05) is 0 Å². The third kappa shape index (κ3) is 4.04. The highest BCUT2D eigenvalue weighted by atomic mass is 35.5. The molecule has 0 unspecified atom stereocenters. The molecule has 132 valence electrons. The van der Waals surface area contributed by atoms with Crippen molar-refractivity contribution in [1.29, 1.82) is 0 Å². The Balaban J connectivity index is 1.73. The molecule has 0 bridgehead atoms. The summed E-state index contributed by atoms with van der Waals surface area (Å²) in [6.45, 7) is 0. The first-order valence-electron chi connectivity index (χ1n) is 7.47. The van der Waals surface area contributed by atoms with Crippen LogP contribution in [-0.4, -0.2) is 23.0 Å². The molecule has 0 saturated carbocycles. The first-order chi connectivity index (χ1) is 12.6. The molecule has 2 aromatic heterocycles. The molecule has 0 atom stereocenters. The predicted molar refractivity (Wildman–Crippen MR) is 99.5 cm³/mol. The molecule has 0 spiro atoms. The van der Waals surface area contributed by atoms with E-state index in [4.69, 9.17) is 32.7 Å². The van der Waals surface area contributed by atoms with Crippen LogP contribution < -0.4 is 14.8 Å². The molecule has 0 radical (unpaired) electrons. The van der Waals surface area contributed by atoms with Gasteiger partial charge >= 0.3 is 0 Å². The maximum absolute atomic E-state index is 12.3. The summed E-state index contributed by atoms with van der Waals surface area (Å²) in [6.07, 6.45) is 2.95. The Bertz CT molecular complexity index is 933. The Kier molecular flexibility index (Phi) is 5.55. The Morgan fingerprint density at radius 2 is 1.85 bits per heavy atom. The molecule has 3 aromatic rings. The van der Waals surface area contributed by atoms with Crippen molar-refractivity contribution in [2.45, 2.75) is 0 Å². The van der Waals surface area contributed by atoms with E-state index in [0.717, 1.165) is 0 Å². The second-order valence-electron chi connectivity index (χ2n) is 5.05. The van der Waals surface area contributed by atoms with E-state index in [2.05, 4.69) is 15.3 Å². The smallest absolute Gasteiger partial charge is 0.258 e. The lowest BCUT2D eigenvalue weighted by Gasteiger charge is -2.09. The lowest BCUT2D eigenvalue weighted by molar-refractivity contribution is 0.102. The molecular weight excluding hydrogens is 377 g/mol. The number of halogens is 2. The van der Waals surface area contributed by atoms with Crippen LogP contribution in [0.3, 0.4) is 0 Å². The molecule has 8 heteroatoms. The fourth-order valence-electron chi connectivity index (χ4n) is 2.08. The van der Waals surface area contributed by atoms with Crippen molar-refractivity contribution in [1.82, 2.24) is 9.97 Å². The summed E-state index contributed by atoms with van der Waals surface area (Å²) in [5, 5.41) is 3.34. The maximum atomic E-state index is 12.3. The van der Waals surface area contributed by atoms with Crippen LogP contribution in [0.1, 0.15) is 10.4 Å². The molecule has 26 heavy (non-hydrogen) atoms. The number of amides is 1. The van der Waals surface area contributed by atoms with E-state index in [0.29, 0.717) is 32.9 Å². The van der Waals surface area contributed by atoms with Crippen molar-refractivity contribution in [3.05, 3.63) is 70.5 Å². The van der Waals surface area contributed by atoms with Crippen LogP contribution >= 0.6 is 23.2 Å². The van der Waals surface area contributed by atoms with Gasteiger partial charge in [-0.3, -0.25) is 4.79 Å². The third-order valence-corrected chi connectivity index (χ3v) is 4.15. The van der Waals surface area contributed by atoms with Crippen LogP contribution in [0.2, 0.25) is 10.0 Å². The highest BCUT2D eigenvalue weighted by Crippen LogP contribution is 2.34. The molecule has 2 heterocycles. The summed E-state index contributed by atoms with van der Waals surface area (Å²) < 4.78 is 10.7. The Hall–Kier alpha value is -2.83. The highest BCUT2D eigenvalue weighted by Gasteiger charge is 2.12. The van der Waals surface area contributed by atoms with Crippen molar-refractivity contribution in [2.75, 3.05) is 12.4 Å². The van der Waals surface area contributed by atoms with Crippen LogP contribution in [0.5, 0.6) is 17.4 Å². The van der Waals surface area contributed by atoms with Crippen LogP contribution in [0.15, 0.2) is 54.9 Å². The number of ether oxygens (including phenoxy) is 2. The van der Waals surface area contributed by atoms with Gasteiger partial charge in [0.25, 0.3) is 5.91 Å². The van der Waals surface area contributed by atoms with E-state index in [1.165, 1.54) is 13.3 Å². The number of benzene rings is 1. The average Bonchev–Trinajstić information content (AvgIpc) is 2.66. The van der Waals surface area contributed by atoms with Gasteiger partial charge in [0.05, 0.1) is 17.7 Å². The first-order valence-corrected chi connectivity index (χ1v) is 8.22. The van der Waals surface area contributed by atoms with E-state index in [1.54, 1.807) is 48.7 Å². The molecule has 1 amide bonds. The summed E-state index contributed by atoms with van der Waals surface area (Å²) in [4.78, 5) is 20.5. The summed E-state index contributed by atoms with van der Waals surface area (Å²) in [5.41, 5.74) is 0.335. The Labute approximate surface area is 159 Å². The summed E-state index contributed by atoms with van der Waals surface area (Å²) >= 11 is 12.0. The molecule has 0 aliphatic rings. The Morgan fingerprint density at radius 3 is 2.58 bits per heavy atom. The number of hydrogen-bond donors (Lipinski definition) is 1. The average molecular weight is 390 g/mol. The number of anilines is 1. The molecule has 6 nitrogen and oxygen atoms in total. The summed E-state index contributed by atoms with van der Waals surface area (Å²) in [5.74, 6) is 1.07. The molecule has 0 aliphatic heterocycles. The van der Waals surface area contributed by atoms with Crippen molar-refractivity contribution >= 4 is 34.9 Å². The lowest BCUT2D eigenvalue weighted by atomic mass is 10.2. The minimum absolute atomic E-state index is 0.279.